The van der Waals surface area contributed by atoms with Crippen LogP contribution >= 0.6 is 0 Å². The Morgan fingerprint density at radius 3 is 3.00 bits per heavy atom. The maximum Gasteiger partial charge on any atom is 0.183 e. The van der Waals surface area contributed by atoms with E-state index in [2.05, 4.69) is 6.08 Å². The van der Waals surface area contributed by atoms with Gasteiger partial charge in [0.25, 0.3) is 0 Å². The summed E-state index contributed by atoms with van der Waals surface area (Å²) in [5.74, 6) is 0.0605. The van der Waals surface area contributed by atoms with Crippen LogP contribution in [0.3, 0.4) is 0 Å². The van der Waals surface area contributed by atoms with Crippen molar-refractivity contribution in [2.45, 2.75) is 44.2 Å². The molecule has 1 fully saturated rings. The predicted molar refractivity (Wildman–Crippen MR) is 53.9 cm³/mol. The molecule has 0 saturated carbocycles. The first kappa shape index (κ1) is 9.87. The predicted octanol–water partition coefficient (Wildman–Crippen LogP) is 1.17. The number of carbonyl (C=O) groups is 1. The molecule has 2 unspecified atom stereocenters. The summed E-state index contributed by atoms with van der Waals surface area (Å²) < 4.78 is 5.09. The lowest BCUT2D eigenvalue weighted by atomic mass is 9.95. The van der Waals surface area contributed by atoms with Crippen LogP contribution in [0.25, 0.3) is 0 Å². The van der Waals surface area contributed by atoms with E-state index in [4.69, 9.17) is 10.5 Å². The first-order valence-electron chi connectivity index (χ1n) is 5.23. The van der Waals surface area contributed by atoms with Crippen molar-refractivity contribution >= 4 is 5.78 Å². The zero-order valence-electron chi connectivity index (χ0n) is 8.58. The van der Waals surface area contributed by atoms with Crippen molar-refractivity contribution in [3.05, 3.63) is 11.6 Å². The zero-order valence-corrected chi connectivity index (χ0v) is 8.58. The lowest BCUT2D eigenvalue weighted by Crippen LogP contribution is -2.39. The molecule has 1 aliphatic heterocycles. The van der Waals surface area contributed by atoms with E-state index < -0.39 is 5.60 Å². The van der Waals surface area contributed by atoms with Gasteiger partial charge in [0, 0.05) is 0 Å². The van der Waals surface area contributed by atoms with Crippen molar-refractivity contribution in [1.82, 2.24) is 0 Å². The fourth-order valence-corrected chi connectivity index (χ4v) is 1.94. The van der Waals surface area contributed by atoms with Crippen LogP contribution in [0, 0.1) is 0 Å². The number of allylic oxidation sites excluding steroid dienone is 1. The molecule has 3 nitrogen and oxygen atoms in total. The third kappa shape index (κ3) is 1.88. The van der Waals surface area contributed by atoms with Gasteiger partial charge in [-0.1, -0.05) is 11.6 Å². The first-order valence-corrected chi connectivity index (χ1v) is 5.23. The zero-order chi connectivity index (χ0) is 10.2. The summed E-state index contributed by atoms with van der Waals surface area (Å²) in [5.41, 5.74) is 6.64. The summed E-state index contributed by atoms with van der Waals surface area (Å²) >= 11 is 0. The van der Waals surface area contributed by atoms with Crippen LogP contribution in [0.4, 0.5) is 0 Å². The quantitative estimate of drug-likeness (QED) is 0.541. The molecule has 0 aromatic rings. The van der Waals surface area contributed by atoms with E-state index in [9.17, 15) is 4.79 Å². The van der Waals surface area contributed by atoms with E-state index in [1.165, 1.54) is 12.0 Å². The molecule has 1 saturated heterocycles. The van der Waals surface area contributed by atoms with E-state index in [1.807, 2.05) is 6.92 Å². The molecule has 0 aromatic carbocycles. The molecule has 2 N–H and O–H groups in total. The van der Waals surface area contributed by atoms with Gasteiger partial charge in [-0.3, -0.25) is 4.79 Å². The van der Waals surface area contributed by atoms with Crippen molar-refractivity contribution in [3.63, 3.8) is 0 Å². The number of rotatable bonds is 4. The van der Waals surface area contributed by atoms with Crippen LogP contribution in [-0.4, -0.2) is 24.0 Å². The smallest absolute Gasteiger partial charge is 0.183 e. The number of carbonyl (C=O) groups excluding carboxylic acids is 1. The van der Waals surface area contributed by atoms with Gasteiger partial charge < -0.3 is 10.5 Å². The maximum absolute atomic E-state index is 11.7. The van der Waals surface area contributed by atoms with E-state index in [0.717, 1.165) is 19.3 Å². The monoisotopic (exact) mass is 195 g/mol. The van der Waals surface area contributed by atoms with Gasteiger partial charge in [-0.15, -0.1) is 0 Å². The molecule has 78 valence electrons. The molecule has 0 bridgehead atoms. The van der Waals surface area contributed by atoms with Crippen molar-refractivity contribution in [2.24, 2.45) is 5.73 Å². The highest BCUT2D eigenvalue weighted by molar-refractivity contribution is 5.93. The SMILES string of the molecule is CC1(C(=O)C(N)CC2=CCCC2)CO1. The maximum atomic E-state index is 11.7. The Hall–Kier alpha value is -0.670. The normalized spacial score (nSPS) is 32.6. The molecular weight excluding hydrogens is 178 g/mol. The van der Waals surface area contributed by atoms with Crippen molar-refractivity contribution in [1.29, 1.82) is 0 Å². The summed E-state index contributed by atoms with van der Waals surface area (Å²) in [6.07, 6.45) is 6.40. The highest BCUT2D eigenvalue weighted by Crippen LogP contribution is 2.30. The second-order valence-corrected chi connectivity index (χ2v) is 4.45. The van der Waals surface area contributed by atoms with Crippen LogP contribution in [-0.2, 0) is 9.53 Å². The highest BCUT2D eigenvalue weighted by Gasteiger charge is 2.48. The van der Waals surface area contributed by atoms with Crippen LogP contribution in [0.1, 0.15) is 32.6 Å². The van der Waals surface area contributed by atoms with Crippen LogP contribution in [0.5, 0.6) is 0 Å². The summed E-state index contributed by atoms with van der Waals surface area (Å²) in [4.78, 5) is 11.7. The topological polar surface area (TPSA) is 55.6 Å². The summed E-state index contributed by atoms with van der Waals surface area (Å²) in [6, 6.07) is -0.369. The average molecular weight is 195 g/mol. The highest BCUT2D eigenvalue weighted by atomic mass is 16.6. The minimum atomic E-state index is -0.557. The number of hydrogen-bond donors (Lipinski definition) is 1. The van der Waals surface area contributed by atoms with E-state index in [1.54, 1.807) is 0 Å². The second kappa shape index (κ2) is 3.48. The molecule has 0 spiro atoms. The van der Waals surface area contributed by atoms with Crippen LogP contribution in [0.15, 0.2) is 11.6 Å². The molecule has 0 amide bonds. The van der Waals surface area contributed by atoms with Gasteiger partial charge in [-0.25, -0.2) is 0 Å². The average Bonchev–Trinajstić information content (AvgIpc) is 2.71. The number of epoxide rings is 1. The number of ketones is 1. The molecule has 14 heavy (non-hydrogen) atoms. The minimum absolute atomic E-state index is 0.0605. The van der Waals surface area contributed by atoms with Gasteiger partial charge in [-0.05, 0) is 32.6 Å². The Balaban J connectivity index is 1.88. The van der Waals surface area contributed by atoms with Gasteiger partial charge in [0.1, 0.15) is 5.60 Å². The molecule has 2 aliphatic rings. The number of nitrogens with two attached hydrogens (primary N) is 1. The largest absolute Gasteiger partial charge is 0.362 e. The van der Waals surface area contributed by atoms with Gasteiger partial charge in [-0.2, -0.15) is 0 Å². The Morgan fingerprint density at radius 2 is 2.50 bits per heavy atom. The van der Waals surface area contributed by atoms with Crippen LogP contribution in [0.2, 0.25) is 0 Å². The van der Waals surface area contributed by atoms with Crippen molar-refractivity contribution in [2.75, 3.05) is 6.61 Å². The number of ether oxygens (including phenoxy) is 1. The fraction of sp³-hybridized carbons (Fsp3) is 0.727. The van der Waals surface area contributed by atoms with E-state index in [0.29, 0.717) is 6.61 Å². The Kier molecular flexibility index (Phi) is 2.45. The molecule has 2 atom stereocenters. The molecule has 2 rings (SSSR count). The van der Waals surface area contributed by atoms with Crippen molar-refractivity contribution in [3.8, 4) is 0 Å². The van der Waals surface area contributed by atoms with Crippen molar-refractivity contribution < 1.29 is 9.53 Å². The summed E-state index contributed by atoms with van der Waals surface area (Å²) in [5, 5.41) is 0. The lowest BCUT2D eigenvalue weighted by Gasteiger charge is -2.13. The number of hydrogen-bond acceptors (Lipinski definition) is 3. The first-order chi connectivity index (χ1) is 6.62. The van der Waals surface area contributed by atoms with Gasteiger partial charge in [0.15, 0.2) is 5.78 Å². The minimum Gasteiger partial charge on any atom is -0.362 e. The van der Waals surface area contributed by atoms with Gasteiger partial charge >= 0.3 is 0 Å². The second-order valence-electron chi connectivity index (χ2n) is 4.45. The lowest BCUT2D eigenvalue weighted by molar-refractivity contribution is -0.124. The molecule has 1 heterocycles. The molecule has 1 aliphatic carbocycles. The van der Waals surface area contributed by atoms with Gasteiger partial charge in [0.05, 0.1) is 12.6 Å². The van der Waals surface area contributed by atoms with E-state index in [-0.39, 0.29) is 11.8 Å². The van der Waals surface area contributed by atoms with Gasteiger partial charge in [0.2, 0.25) is 0 Å². The Bertz CT molecular complexity index is 279. The third-order valence-electron chi connectivity index (χ3n) is 3.05. The fourth-order valence-electron chi connectivity index (χ4n) is 1.94. The summed E-state index contributed by atoms with van der Waals surface area (Å²) in [6.45, 7) is 2.36. The molecular formula is C11H17NO2. The number of Topliss-reactive ketones (excluding diaryl/α,β-unsaturated/α-hetero) is 1. The Labute approximate surface area is 84.3 Å². The third-order valence-corrected chi connectivity index (χ3v) is 3.05. The molecule has 0 aromatic heterocycles. The van der Waals surface area contributed by atoms with E-state index >= 15 is 0 Å². The summed E-state index contributed by atoms with van der Waals surface area (Å²) in [7, 11) is 0. The molecule has 3 heteroatoms. The molecule has 0 radical (unpaired) electrons. The Morgan fingerprint density at radius 1 is 1.79 bits per heavy atom. The van der Waals surface area contributed by atoms with Crippen LogP contribution < -0.4 is 5.73 Å². The standard InChI is InChI=1S/C11H17NO2/c1-11(7-14-11)10(13)9(12)6-8-4-2-3-5-8/h4,9H,2-3,5-7,12H2,1H3.